The fraction of sp³-hybridized carbons (Fsp3) is 0.333. The normalized spacial score (nSPS) is 15.9. The molecule has 94 valence electrons. The lowest BCUT2D eigenvalue weighted by Gasteiger charge is -2.27. The summed E-state index contributed by atoms with van der Waals surface area (Å²) in [7, 11) is 0. The van der Waals surface area contributed by atoms with Gasteiger partial charge in [-0.15, -0.1) is 0 Å². The topological polar surface area (TPSA) is 37.8 Å². The number of rotatable bonds is 1. The highest BCUT2D eigenvalue weighted by molar-refractivity contribution is 9.10. The van der Waals surface area contributed by atoms with Crippen molar-refractivity contribution in [1.29, 1.82) is 0 Å². The lowest BCUT2D eigenvalue weighted by molar-refractivity contribution is 0.302. The number of halogens is 2. The Morgan fingerprint density at radius 3 is 2.78 bits per heavy atom. The third kappa shape index (κ3) is 1.75. The predicted octanol–water partition coefficient (Wildman–Crippen LogP) is 3.69. The maximum absolute atomic E-state index is 13.4. The van der Waals surface area contributed by atoms with Crippen molar-refractivity contribution in [1.82, 2.24) is 9.55 Å². The summed E-state index contributed by atoms with van der Waals surface area (Å²) in [6.45, 7) is 0. The molecule has 1 heterocycles. The van der Waals surface area contributed by atoms with Crippen LogP contribution in [0.25, 0.3) is 10.9 Å². The monoisotopic (exact) mass is 328 g/mol. The number of benzene rings is 1. The van der Waals surface area contributed by atoms with Crippen molar-refractivity contribution in [3.63, 3.8) is 0 Å². The van der Waals surface area contributed by atoms with E-state index in [0.717, 1.165) is 19.3 Å². The summed E-state index contributed by atoms with van der Waals surface area (Å²) in [5.41, 5.74) is 0.306. The lowest BCUT2D eigenvalue weighted by Crippen LogP contribution is -2.30. The van der Waals surface area contributed by atoms with Gasteiger partial charge in [0.25, 0.3) is 5.56 Å². The number of aromatic nitrogens is 2. The van der Waals surface area contributed by atoms with Crippen LogP contribution in [0, 0.1) is 10.6 Å². The molecule has 1 aromatic carbocycles. The zero-order valence-electron chi connectivity index (χ0n) is 9.37. The van der Waals surface area contributed by atoms with Gasteiger partial charge in [0, 0.05) is 6.04 Å². The Morgan fingerprint density at radius 1 is 1.44 bits per heavy atom. The van der Waals surface area contributed by atoms with Gasteiger partial charge in [-0.25, -0.2) is 4.39 Å². The molecule has 1 N–H and O–H groups in total. The Labute approximate surface area is 116 Å². The zero-order valence-corrected chi connectivity index (χ0v) is 11.8. The Morgan fingerprint density at radius 2 is 2.17 bits per heavy atom. The van der Waals surface area contributed by atoms with Crippen LogP contribution < -0.4 is 5.56 Å². The summed E-state index contributed by atoms with van der Waals surface area (Å²) in [6, 6.07) is 2.99. The molecule has 3 rings (SSSR count). The molecule has 0 saturated heterocycles. The molecule has 0 amide bonds. The molecular weight excluding hydrogens is 319 g/mol. The van der Waals surface area contributed by atoms with Crippen molar-refractivity contribution in [2.24, 2.45) is 0 Å². The quantitative estimate of drug-likeness (QED) is 0.811. The van der Waals surface area contributed by atoms with Gasteiger partial charge in [-0.2, -0.15) is 0 Å². The fourth-order valence-corrected chi connectivity index (χ4v) is 2.89. The van der Waals surface area contributed by atoms with Crippen molar-refractivity contribution in [3.8, 4) is 0 Å². The molecule has 1 aromatic heterocycles. The molecule has 0 spiro atoms. The van der Waals surface area contributed by atoms with E-state index < -0.39 is 5.82 Å². The Hall–Kier alpha value is -1.01. The second-order valence-corrected chi connectivity index (χ2v) is 5.74. The highest BCUT2D eigenvalue weighted by atomic mass is 79.9. The molecule has 0 unspecified atom stereocenters. The van der Waals surface area contributed by atoms with Crippen LogP contribution >= 0.6 is 28.1 Å². The van der Waals surface area contributed by atoms with Gasteiger partial charge in [-0.1, -0.05) is 0 Å². The molecule has 1 saturated carbocycles. The average Bonchev–Trinajstić information content (AvgIpc) is 2.25. The van der Waals surface area contributed by atoms with Crippen LogP contribution in [0.1, 0.15) is 25.3 Å². The molecule has 6 heteroatoms. The van der Waals surface area contributed by atoms with Crippen LogP contribution in [0.2, 0.25) is 0 Å². The summed E-state index contributed by atoms with van der Waals surface area (Å²) < 4.78 is 15.7. The van der Waals surface area contributed by atoms with Gasteiger partial charge in [0.2, 0.25) is 0 Å². The van der Waals surface area contributed by atoms with E-state index in [1.165, 1.54) is 12.1 Å². The van der Waals surface area contributed by atoms with E-state index in [-0.39, 0.29) is 16.1 Å². The number of H-pyrrole nitrogens is 1. The second kappa shape index (κ2) is 4.28. The van der Waals surface area contributed by atoms with E-state index in [2.05, 4.69) is 20.9 Å². The highest BCUT2D eigenvalue weighted by Gasteiger charge is 2.22. The van der Waals surface area contributed by atoms with E-state index in [1.54, 1.807) is 4.57 Å². The molecule has 3 nitrogen and oxygen atoms in total. The van der Waals surface area contributed by atoms with Crippen molar-refractivity contribution >= 4 is 39.1 Å². The first-order chi connectivity index (χ1) is 8.58. The van der Waals surface area contributed by atoms with Crippen molar-refractivity contribution in [2.75, 3.05) is 0 Å². The minimum Gasteiger partial charge on any atom is -0.331 e. The van der Waals surface area contributed by atoms with Gasteiger partial charge in [-0.05, 0) is 59.5 Å². The van der Waals surface area contributed by atoms with Crippen molar-refractivity contribution < 1.29 is 4.39 Å². The van der Waals surface area contributed by atoms with E-state index in [1.807, 2.05) is 0 Å². The summed E-state index contributed by atoms with van der Waals surface area (Å²) >= 11 is 8.29. The maximum Gasteiger partial charge on any atom is 0.262 e. The molecule has 0 atom stereocenters. The van der Waals surface area contributed by atoms with Crippen LogP contribution in [0.3, 0.4) is 0 Å². The maximum atomic E-state index is 13.4. The highest BCUT2D eigenvalue weighted by Crippen LogP contribution is 2.31. The van der Waals surface area contributed by atoms with Gasteiger partial charge in [0.1, 0.15) is 5.82 Å². The van der Waals surface area contributed by atoms with Gasteiger partial charge in [-0.3, -0.25) is 9.36 Å². The smallest absolute Gasteiger partial charge is 0.262 e. The number of nitrogens with zero attached hydrogens (tertiary/aromatic N) is 1. The van der Waals surface area contributed by atoms with E-state index in [4.69, 9.17) is 12.2 Å². The molecule has 2 aromatic rings. The first-order valence-corrected chi connectivity index (χ1v) is 6.91. The molecule has 0 radical (unpaired) electrons. The Bertz CT molecular complexity index is 748. The average molecular weight is 329 g/mol. The fourth-order valence-electron chi connectivity index (χ4n) is 2.20. The van der Waals surface area contributed by atoms with Crippen molar-refractivity contribution in [3.05, 3.63) is 37.5 Å². The van der Waals surface area contributed by atoms with E-state index in [0.29, 0.717) is 15.7 Å². The molecule has 1 aliphatic rings. The first kappa shape index (κ1) is 12.0. The Balaban J connectivity index is 2.37. The summed E-state index contributed by atoms with van der Waals surface area (Å²) in [5, 5.41) is 0.462. The van der Waals surface area contributed by atoms with Crippen molar-refractivity contribution in [2.45, 2.75) is 25.3 Å². The zero-order chi connectivity index (χ0) is 12.9. The van der Waals surface area contributed by atoms with Crippen LogP contribution in [-0.4, -0.2) is 9.55 Å². The van der Waals surface area contributed by atoms with E-state index in [9.17, 15) is 9.18 Å². The summed E-state index contributed by atoms with van der Waals surface area (Å²) in [4.78, 5) is 15.3. The predicted molar refractivity (Wildman–Crippen MR) is 73.9 cm³/mol. The van der Waals surface area contributed by atoms with Gasteiger partial charge >= 0.3 is 0 Å². The molecule has 1 aliphatic carbocycles. The standard InChI is InChI=1S/C12H10BrFN2OS/c13-8-4-7-10(5-9(8)14)15-12(18)16(11(7)17)6-2-1-3-6/h4-6H,1-3H2,(H,15,18). The number of hydrogen-bond acceptors (Lipinski definition) is 2. The van der Waals surface area contributed by atoms with Crippen LogP contribution in [0.15, 0.2) is 21.4 Å². The summed E-state index contributed by atoms with van der Waals surface area (Å²) in [5.74, 6) is -0.408. The molecule has 1 fully saturated rings. The molecule has 0 bridgehead atoms. The van der Waals surface area contributed by atoms with Crippen LogP contribution in [0.5, 0.6) is 0 Å². The van der Waals surface area contributed by atoms with Gasteiger partial charge < -0.3 is 4.98 Å². The third-order valence-electron chi connectivity index (χ3n) is 3.41. The molecular formula is C12H10BrFN2OS. The number of aromatic amines is 1. The minimum atomic E-state index is -0.408. The largest absolute Gasteiger partial charge is 0.331 e. The SMILES string of the molecule is O=c1c2cc(Br)c(F)cc2[nH]c(=S)n1C1CCC1. The number of fused-ring (bicyclic) bond motifs is 1. The molecule has 18 heavy (non-hydrogen) atoms. The second-order valence-electron chi connectivity index (χ2n) is 4.50. The first-order valence-electron chi connectivity index (χ1n) is 5.71. The lowest BCUT2D eigenvalue weighted by atomic mass is 9.93. The van der Waals surface area contributed by atoms with Gasteiger partial charge in [0.15, 0.2) is 4.77 Å². The van der Waals surface area contributed by atoms with Gasteiger partial charge in [0.05, 0.1) is 15.4 Å². The third-order valence-corrected chi connectivity index (χ3v) is 4.32. The number of hydrogen-bond donors (Lipinski definition) is 1. The summed E-state index contributed by atoms with van der Waals surface area (Å²) in [6.07, 6.45) is 3.08. The Kier molecular flexibility index (Phi) is 2.86. The van der Waals surface area contributed by atoms with Crippen LogP contribution in [-0.2, 0) is 0 Å². The minimum absolute atomic E-state index is 0.140. The van der Waals surface area contributed by atoms with Crippen LogP contribution in [0.4, 0.5) is 4.39 Å². The number of nitrogens with one attached hydrogen (secondary N) is 1. The van der Waals surface area contributed by atoms with E-state index >= 15 is 0 Å². The molecule has 0 aliphatic heterocycles.